The summed E-state index contributed by atoms with van der Waals surface area (Å²) in [5, 5.41) is 0. The first-order valence-electron chi connectivity index (χ1n) is 5.98. The third-order valence-electron chi connectivity index (χ3n) is 2.49. The molecule has 0 N–H and O–H groups in total. The van der Waals surface area contributed by atoms with Gasteiger partial charge in [-0.05, 0) is 12.3 Å². The van der Waals surface area contributed by atoms with Crippen LogP contribution < -0.4 is 0 Å². The van der Waals surface area contributed by atoms with Crippen molar-refractivity contribution in [1.29, 1.82) is 0 Å². The van der Waals surface area contributed by atoms with E-state index in [0.29, 0.717) is 6.42 Å². The Hall–Kier alpha value is -0.210. The van der Waals surface area contributed by atoms with Crippen LogP contribution >= 0.6 is 0 Å². The van der Waals surface area contributed by atoms with Crippen LogP contribution in [0.5, 0.6) is 0 Å². The lowest BCUT2D eigenvalue weighted by Gasteiger charge is -2.06. The zero-order valence-electron chi connectivity index (χ0n) is 9.87. The summed E-state index contributed by atoms with van der Waals surface area (Å²) in [6.45, 7) is 4.40. The van der Waals surface area contributed by atoms with Crippen molar-refractivity contribution >= 4 is 0 Å². The first-order valence-corrected chi connectivity index (χ1v) is 5.98. The molecule has 0 nitrogen and oxygen atoms in total. The second-order valence-electron chi connectivity index (χ2n) is 4.67. The first-order chi connectivity index (χ1) is 6.92. The molecule has 3 heteroatoms. The van der Waals surface area contributed by atoms with E-state index in [1.807, 2.05) is 0 Å². The van der Waals surface area contributed by atoms with E-state index < -0.39 is 12.6 Å². The molecule has 0 aromatic rings. The van der Waals surface area contributed by atoms with Crippen molar-refractivity contribution in [3.63, 3.8) is 0 Å². The molecule has 0 aromatic heterocycles. The SMILES string of the molecule is CC(C)CCCCCCCCC(F)(F)F. The minimum Gasteiger partial charge on any atom is -0.171 e. The molecule has 0 saturated carbocycles. The van der Waals surface area contributed by atoms with Gasteiger partial charge in [-0.2, -0.15) is 13.2 Å². The molecule has 0 radical (unpaired) electrons. The number of alkyl halides is 3. The number of hydrogen-bond acceptors (Lipinski definition) is 0. The lowest BCUT2D eigenvalue weighted by Crippen LogP contribution is -2.06. The van der Waals surface area contributed by atoms with Crippen LogP contribution in [0.1, 0.15) is 65.2 Å². The molecule has 0 aromatic carbocycles. The van der Waals surface area contributed by atoms with Gasteiger partial charge in [-0.1, -0.05) is 52.4 Å². The molecule has 92 valence electrons. The Morgan fingerprint density at radius 2 is 1.27 bits per heavy atom. The summed E-state index contributed by atoms with van der Waals surface area (Å²) in [4.78, 5) is 0. The van der Waals surface area contributed by atoms with Crippen molar-refractivity contribution in [2.24, 2.45) is 5.92 Å². The Balaban J connectivity index is 3.06. The molecule has 0 aliphatic rings. The largest absolute Gasteiger partial charge is 0.389 e. The second kappa shape index (κ2) is 8.00. The van der Waals surface area contributed by atoms with Crippen LogP contribution in [0.15, 0.2) is 0 Å². The van der Waals surface area contributed by atoms with Gasteiger partial charge in [-0.3, -0.25) is 0 Å². The van der Waals surface area contributed by atoms with Crippen molar-refractivity contribution in [1.82, 2.24) is 0 Å². The van der Waals surface area contributed by atoms with Gasteiger partial charge in [-0.15, -0.1) is 0 Å². The molecule has 0 atom stereocenters. The van der Waals surface area contributed by atoms with E-state index in [9.17, 15) is 13.2 Å². The minimum atomic E-state index is -3.96. The minimum absolute atomic E-state index is 0.299. The topological polar surface area (TPSA) is 0 Å². The van der Waals surface area contributed by atoms with Crippen LogP contribution in [-0.2, 0) is 0 Å². The summed E-state index contributed by atoms with van der Waals surface area (Å²) in [6, 6.07) is 0. The number of unbranched alkanes of at least 4 members (excludes halogenated alkanes) is 5. The van der Waals surface area contributed by atoms with Gasteiger partial charge >= 0.3 is 6.18 Å². The molecular formula is C12H23F3. The standard InChI is InChI=1S/C12H23F3/c1-11(2)9-7-5-3-4-6-8-10-12(13,14)15/h11H,3-10H2,1-2H3. The van der Waals surface area contributed by atoms with Crippen LogP contribution in [0.3, 0.4) is 0 Å². The zero-order chi connectivity index (χ0) is 11.7. The van der Waals surface area contributed by atoms with Crippen molar-refractivity contribution in [3.8, 4) is 0 Å². The average Bonchev–Trinajstić information content (AvgIpc) is 2.07. The van der Waals surface area contributed by atoms with Crippen LogP contribution in [0.2, 0.25) is 0 Å². The van der Waals surface area contributed by atoms with Gasteiger partial charge in [0.2, 0.25) is 0 Å². The third kappa shape index (κ3) is 13.8. The normalized spacial score (nSPS) is 12.4. The number of rotatable bonds is 8. The molecule has 0 rings (SSSR count). The van der Waals surface area contributed by atoms with E-state index in [1.54, 1.807) is 0 Å². The van der Waals surface area contributed by atoms with Gasteiger partial charge in [0.15, 0.2) is 0 Å². The zero-order valence-corrected chi connectivity index (χ0v) is 9.87. The number of halogens is 3. The predicted octanol–water partition coefficient (Wildman–Crippen LogP) is 5.33. The molecule has 0 unspecified atom stereocenters. The summed E-state index contributed by atoms with van der Waals surface area (Å²) < 4.78 is 35.3. The Morgan fingerprint density at radius 3 is 1.73 bits per heavy atom. The highest BCUT2D eigenvalue weighted by atomic mass is 19.4. The fourth-order valence-corrected chi connectivity index (χ4v) is 1.59. The Bertz CT molecular complexity index is 138. The molecule has 0 spiro atoms. The van der Waals surface area contributed by atoms with E-state index in [4.69, 9.17) is 0 Å². The number of hydrogen-bond donors (Lipinski definition) is 0. The predicted molar refractivity (Wildman–Crippen MR) is 57.8 cm³/mol. The first kappa shape index (κ1) is 14.8. The quantitative estimate of drug-likeness (QED) is 0.489. The smallest absolute Gasteiger partial charge is 0.171 e. The van der Waals surface area contributed by atoms with E-state index in [2.05, 4.69) is 13.8 Å². The van der Waals surface area contributed by atoms with Crippen LogP contribution in [0.25, 0.3) is 0 Å². The van der Waals surface area contributed by atoms with Gasteiger partial charge in [0.1, 0.15) is 0 Å². The summed E-state index contributed by atoms with van der Waals surface area (Å²) in [6.07, 6.45) is 2.12. The molecule has 0 saturated heterocycles. The molecular weight excluding hydrogens is 201 g/mol. The summed E-state index contributed by atoms with van der Waals surface area (Å²) in [5.41, 5.74) is 0. The summed E-state index contributed by atoms with van der Waals surface area (Å²) in [5.74, 6) is 0.746. The molecule has 0 amide bonds. The average molecular weight is 224 g/mol. The monoisotopic (exact) mass is 224 g/mol. The maximum atomic E-state index is 11.8. The Labute approximate surface area is 91.3 Å². The Morgan fingerprint density at radius 1 is 0.800 bits per heavy atom. The highest BCUT2D eigenvalue weighted by Crippen LogP contribution is 2.23. The van der Waals surface area contributed by atoms with Crippen LogP contribution in [0.4, 0.5) is 13.2 Å². The van der Waals surface area contributed by atoms with Gasteiger partial charge in [-0.25, -0.2) is 0 Å². The van der Waals surface area contributed by atoms with E-state index in [0.717, 1.165) is 25.2 Å². The van der Waals surface area contributed by atoms with Gasteiger partial charge in [0.05, 0.1) is 0 Å². The van der Waals surface area contributed by atoms with Gasteiger partial charge in [0, 0.05) is 6.42 Å². The van der Waals surface area contributed by atoms with Gasteiger partial charge < -0.3 is 0 Å². The van der Waals surface area contributed by atoms with Crippen molar-refractivity contribution < 1.29 is 13.2 Å². The van der Waals surface area contributed by atoms with E-state index in [-0.39, 0.29) is 0 Å². The fraction of sp³-hybridized carbons (Fsp3) is 1.00. The third-order valence-corrected chi connectivity index (χ3v) is 2.49. The lowest BCUT2D eigenvalue weighted by molar-refractivity contribution is -0.135. The second-order valence-corrected chi connectivity index (χ2v) is 4.67. The summed E-state index contributed by atoms with van der Waals surface area (Å²) in [7, 11) is 0. The summed E-state index contributed by atoms with van der Waals surface area (Å²) >= 11 is 0. The van der Waals surface area contributed by atoms with E-state index in [1.165, 1.54) is 19.3 Å². The molecule has 0 bridgehead atoms. The van der Waals surface area contributed by atoms with Crippen molar-refractivity contribution in [2.75, 3.05) is 0 Å². The fourth-order valence-electron chi connectivity index (χ4n) is 1.59. The highest BCUT2D eigenvalue weighted by molar-refractivity contribution is 4.52. The van der Waals surface area contributed by atoms with Crippen molar-refractivity contribution in [2.45, 2.75) is 71.4 Å². The van der Waals surface area contributed by atoms with Gasteiger partial charge in [0.25, 0.3) is 0 Å². The molecule has 15 heavy (non-hydrogen) atoms. The maximum Gasteiger partial charge on any atom is 0.389 e. The van der Waals surface area contributed by atoms with E-state index >= 15 is 0 Å². The van der Waals surface area contributed by atoms with Crippen molar-refractivity contribution in [3.05, 3.63) is 0 Å². The maximum absolute atomic E-state index is 11.8. The highest BCUT2D eigenvalue weighted by Gasteiger charge is 2.25. The lowest BCUT2D eigenvalue weighted by atomic mass is 10.0. The molecule has 0 aliphatic heterocycles. The molecule has 0 aliphatic carbocycles. The molecule has 0 heterocycles. The molecule has 0 fully saturated rings. The van der Waals surface area contributed by atoms with Crippen LogP contribution in [-0.4, -0.2) is 6.18 Å². The Kier molecular flexibility index (Phi) is 7.89. The van der Waals surface area contributed by atoms with Crippen LogP contribution in [0, 0.1) is 5.92 Å².